The molecule has 0 atom stereocenters. The van der Waals surface area contributed by atoms with Gasteiger partial charge < -0.3 is 19.7 Å². The maximum Gasteiger partial charge on any atom is 0.352 e. The maximum atomic E-state index is 13.7. The van der Waals surface area contributed by atoms with E-state index in [4.69, 9.17) is 16.3 Å². The first kappa shape index (κ1) is 26.3. The summed E-state index contributed by atoms with van der Waals surface area (Å²) in [5, 5.41) is 24.6. The second-order valence-electron chi connectivity index (χ2n) is 10.2. The van der Waals surface area contributed by atoms with Crippen LogP contribution in [0.5, 0.6) is 5.75 Å². The van der Waals surface area contributed by atoms with Crippen molar-refractivity contribution < 1.29 is 19.0 Å². The van der Waals surface area contributed by atoms with Crippen LogP contribution >= 0.6 is 11.6 Å². The third-order valence-electron chi connectivity index (χ3n) is 7.66. The van der Waals surface area contributed by atoms with Crippen molar-refractivity contribution in [1.82, 2.24) is 20.1 Å². The molecule has 0 fully saturated rings. The van der Waals surface area contributed by atoms with Gasteiger partial charge in [-0.25, -0.2) is 9.18 Å². The normalized spacial score (nSPS) is 13.8. The van der Waals surface area contributed by atoms with Gasteiger partial charge >= 0.3 is 5.97 Å². The fraction of sp³-hybridized carbons (Fsp3) is 0.290. The Balaban J connectivity index is 1.39. The highest BCUT2D eigenvalue weighted by Crippen LogP contribution is 2.42. The number of hydrogen-bond acceptors (Lipinski definition) is 4. The van der Waals surface area contributed by atoms with Crippen molar-refractivity contribution in [3.8, 4) is 16.9 Å². The maximum absolute atomic E-state index is 13.7. The Morgan fingerprint density at radius 3 is 2.85 bits per heavy atom. The van der Waals surface area contributed by atoms with Gasteiger partial charge in [0, 0.05) is 40.7 Å². The Hall–Kier alpha value is -3.88. The molecule has 0 spiro atoms. The van der Waals surface area contributed by atoms with E-state index in [1.54, 1.807) is 6.07 Å². The van der Waals surface area contributed by atoms with Crippen LogP contribution in [-0.4, -0.2) is 39.0 Å². The predicted molar refractivity (Wildman–Crippen MR) is 155 cm³/mol. The first-order valence-electron chi connectivity index (χ1n) is 13.6. The lowest BCUT2D eigenvalue weighted by molar-refractivity contribution is 0.0684. The predicted octanol–water partition coefficient (Wildman–Crippen LogP) is 6.88. The summed E-state index contributed by atoms with van der Waals surface area (Å²) >= 11 is 6.85. The molecule has 206 valence electrons. The lowest BCUT2D eigenvalue weighted by Crippen LogP contribution is -2.16. The van der Waals surface area contributed by atoms with E-state index in [-0.39, 0.29) is 5.82 Å². The van der Waals surface area contributed by atoms with Gasteiger partial charge in [-0.2, -0.15) is 5.10 Å². The number of rotatable bonds is 6. The molecule has 1 aliphatic rings. The lowest BCUT2D eigenvalue weighted by atomic mass is 9.98. The third kappa shape index (κ3) is 4.71. The van der Waals surface area contributed by atoms with E-state index in [1.807, 2.05) is 41.8 Å². The van der Waals surface area contributed by atoms with Gasteiger partial charge in [0.2, 0.25) is 0 Å². The quantitative estimate of drug-likeness (QED) is 0.197. The van der Waals surface area contributed by atoms with Crippen molar-refractivity contribution in [3.05, 3.63) is 82.0 Å². The molecule has 7 nitrogen and oxygen atoms in total. The number of nitrogens with zero attached hydrogens (tertiary/aromatic N) is 2. The number of halogens is 2. The zero-order chi connectivity index (χ0) is 27.8. The summed E-state index contributed by atoms with van der Waals surface area (Å²) in [5.41, 5.74) is 5.41. The van der Waals surface area contributed by atoms with Crippen molar-refractivity contribution in [3.63, 3.8) is 0 Å². The smallest absolute Gasteiger partial charge is 0.352 e. The van der Waals surface area contributed by atoms with Crippen LogP contribution < -0.4 is 10.1 Å². The van der Waals surface area contributed by atoms with Crippen molar-refractivity contribution in [2.75, 3.05) is 13.2 Å². The number of fused-ring (bicyclic) bond motifs is 3. The molecule has 3 aromatic carbocycles. The topological polar surface area (TPSA) is 92.2 Å². The van der Waals surface area contributed by atoms with Gasteiger partial charge in [0.1, 0.15) is 17.3 Å². The minimum absolute atomic E-state index is 0.290. The summed E-state index contributed by atoms with van der Waals surface area (Å²) in [6.07, 6.45) is 2.86. The monoisotopic (exact) mass is 560 g/mol. The van der Waals surface area contributed by atoms with Crippen LogP contribution in [0.25, 0.3) is 32.8 Å². The Kier molecular flexibility index (Phi) is 7.21. The first-order valence-corrected chi connectivity index (χ1v) is 13.9. The lowest BCUT2D eigenvalue weighted by Gasteiger charge is -2.13. The molecular weight excluding hydrogens is 531 g/mol. The number of H-pyrrole nitrogens is 1. The van der Waals surface area contributed by atoms with Crippen LogP contribution in [-0.2, 0) is 19.5 Å². The molecule has 0 saturated carbocycles. The molecule has 2 aromatic heterocycles. The van der Waals surface area contributed by atoms with E-state index >= 15 is 0 Å². The molecular formula is C31H30ClFN4O3. The molecule has 3 N–H and O–H groups in total. The number of ether oxygens (including phenoxy) is 1. The summed E-state index contributed by atoms with van der Waals surface area (Å²) in [5.74, 6) is -0.567. The zero-order valence-corrected chi connectivity index (χ0v) is 22.9. The molecule has 0 bridgehead atoms. The van der Waals surface area contributed by atoms with E-state index in [2.05, 4.69) is 15.5 Å². The van der Waals surface area contributed by atoms with Gasteiger partial charge in [-0.15, -0.1) is 0 Å². The van der Waals surface area contributed by atoms with Gasteiger partial charge in [-0.3, -0.25) is 5.10 Å². The summed E-state index contributed by atoms with van der Waals surface area (Å²) in [6.45, 7) is 4.34. The SMILES string of the molecule is Cc1[nH]nc2c1-c1c(Cl)ccc3c(CCCOc4cccc5cc(F)ccc45)c(C(=O)O)n(c13)CCCCNC2. The number of aromatic carboxylic acids is 1. The van der Waals surface area contributed by atoms with Crippen molar-refractivity contribution in [1.29, 1.82) is 0 Å². The molecule has 0 amide bonds. The van der Waals surface area contributed by atoms with Crippen LogP contribution in [0.1, 0.15) is 46.7 Å². The molecule has 3 heterocycles. The number of hydrogen-bond donors (Lipinski definition) is 3. The molecule has 0 unspecified atom stereocenters. The average Bonchev–Trinajstić information content (AvgIpc) is 3.44. The fourth-order valence-corrected chi connectivity index (χ4v) is 6.15. The number of benzene rings is 3. The Bertz CT molecular complexity index is 1740. The van der Waals surface area contributed by atoms with Gasteiger partial charge in [0.15, 0.2) is 0 Å². The molecule has 40 heavy (non-hydrogen) atoms. The number of aromatic amines is 1. The van der Waals surface area contributed by atoms with Crippen LogP contribution in [0, 0.1) is 12.7 Å². The van der Waals surface area contributed by atoms with Crippen LogP contribution in [0.4, 0.5) is 4.39 Å². The van der Waals surface area contributed by atoms with E-state index < -0.39 is 5.97 Å². The fourth-order valence-electron chi connectivity index (χ4n) is 5.90. The molecule has 6 rings (SSSR count). The Labute approximate surface area is 235 Å². The highest BCUT2D eigenvalue weighted by molar-refractivity contribution is 6.35. The van der Waals surface area contributed by atoms with E-state index in [0.717, 1.165) is 69.1 Å². The van der Waals surface area contributed by atoms with Crippen molar-refractivity contribution in [2.24, 2.45) is 0 Å². The molecule has 1 aliphatic heterocycles. The molecule has 0 saturated heterocycles. The summed E-state index contributed by atoms with van der Waals surface area (Å²) < 4.78 is 21.7. The highest BCUT2D eigenvalue weighted by atomic mass is 35.5. The number of nitrogens with one attached hydrogen (secondary N) is 2. The molecule has 0 radical (unpaired) electrons. The number of carboxylic acid groups (broad SMARTS) is 1. The van der Waals surface area contributed by atoms with Gasteiger partial charge in [0.25, 0.3) is 0 Å². The first-order chi connectivity index (χ1) is 19.4. The van der Waals surface area contributed by atoms with Crippen molar-refractivity contribution >= 4 is 39.2 Å². The molecule has 0 aliphatic carbocycles. The summed E-state index contributed by atoms with van der Waals surface area (Å²) in [6, 6.07) is 14.0. The van der Waals surface area contributed by atoms with Gasteiger partial charge in [-0.05, 0) is 80.4 Å². The zero-order valence-electron chi connectivity index (χ0n) is 22.2. The minimum atomic E-state index is -0.956. The number of aromatic nitrogens is 3. The molecule has 5 aromatic rings. The van der Waals surface area contributed by atoms with Crippen LogP contribution in [0.2, 0.25) is 5.02 Å². The van der Waals surface area contributed by atoms with E-state index in [9.17, 15) is 14.3 Å². The van der Waals surface area contributed by atoms with E-state index in [0.29, 0.717) is 49.0 Å². The van der Waals surface area contributed by atoms with E-state index in [1.165, 1.54) is 12.1 Å². The molecule has 9 heteroatoms. The second-order valence-corrected chi connectivity index (χ2v) is 10.6. The average molecular weight is 561 g/mol. The number of carbonyl (C=O) groups is 1. The third-order valence-corrected chi connectivity index (χ3v) is 7.98. The van der Waals surface area contributed by atoms with Gasteiger partial charge in [0.05, 0.1) is 22.8 Å². The van der Waals surface area contributed by atoms with Crippen molar-refractivity contribution in [2.45, 2.75) is 45.7 Å². The highest BCUT2D eigenvalue weighted by Gasteiger charge is 2.28. The standard InChI is InChI=1S/C31H30ClFN4O3/c1-18-27-25(36-35-18)17-34-13-2-3-14-37-29-23(11-12-24(32)28(27)29)22(30(37)31(38)39)7-5-15-40-26-8-4-6-19-16-20(33)9-10-21(19)26/h4,6,8-12,16,34H,2-3,5,7,13-15,17H2,1H3,(H,35,36)(H,38,39). The summed E-state index contributed by atoms with van der Waals surface area (Å²) in [7, 11) is 0. The second kappa shape index (κ2) is 10.9. The Morgan fingerprint density at radius 1 is 1.15 bits per heavy atom. The van der Waals surface area contributed by atoms with Crippen LogP contribution in [0.15, 0.2) is 48.5 Å². The summed E-state index contributed by atoms with van der Waals surface area (Å²) in [4.78, 5) is 12.8. The number of carboxylic acids is 1. The minimum Gasteiger partial charge on any atom is -0.493 e. The largest absolute Gasteiger partial charge is 0.493 e. The Morgan fingerprint density at radius 2 is 2.00 bits per heavy atom. The number of aryl methyl sites for hydroxylation is 3. The van der Waals surface area contributed by atoms with Crippen LogP contribution in [0.3, 0.4) is 0 Å². The van der Waals surface area contributed by atoms with Gasteiger partial charge in [-0.1, -0.05) is 29.8 Å².